The lowest BCUT2D eigenvalue weighted by Gasteiger charge is -2.47. The van der Waals surface area contributed by atoms with Crippen LogP contribution < -0.4 is 16.0 Å². The van der Waals surface area contributed by atoms with Crippen molar-refractivity contribution >= 4 is 23.8 Å². The summed E-state index contributed by atoms with van der Waals surface area (Å²) in [5.74, 6) is -1.51. The maximum Gasteiger partial charge on any atom is 0.407 e. The van der Waals surface area contributed by atoms with E-state index in [1.54, 1.807) is 17.0 Å². The van der Waals surface area contributed by atoms with Crippen molar-refractivity contribution in [1.29, 1.82) is 0 Å². The summed E-state index contributed by atoms with van der Waals surface area (Å²) in [5.41, 5.74) is 0.786. The average molecular weight is 903 g/mol. The molecule has 1 aliphatic rings. The van der Waals surface area contributed by atoms with Crippen LogP contribution in [0.1, 0.15) is 206 Å². The van der Waals surface area contributed by atoms with E-state index in [1.165, 1.54) is 129 Å². The van der Waals surface area contributed by atoms with Crippen molar-refractivity contribution < 1.29 is 44.0 Å². The van der Waals surface area contributed by atoms with Crippen LogP contribution in [0.3, 0.4) is 0 Å². The quantitative estimate of drug-likeness (QED) is 0.0352. The molecular formula is C51H90N4O9. The molecule has 13 heteroatoms. The molecule has 1 aliphatic heterocycles. The van der Waals surface area contributed by atoms with Crippen LogP contribution in [0.25, 0.3) is 0 Å². The van der Waals surface area contributed by atoms with Crippen LogP contribution >= 0.6 is 0 Å². The fraction of sp³-hybridized carbons (Fsp3) is 0.804. The van der Waals surface area contributed by atoms with Gasteiger partial charge in [0, 0.05) is 13.0 Å². The van der Waals surface area contributed by atoms with Gasteiger partial charge < -0.3 is 45.6 Å². The third-order valence-electron chi connectivity index (χ3n) is 12.5. The van der Waals surface area contributed by atoms with Gasteiger partial charge in [-0.2, -0.15) is 0 Å². The Morgan fingerprint density at radius 2 is 1.14 bits per heavy atom. The van der Waals surface area contributed by atoms with Gasteiger partial charge in [0.25, 0.3) is 0 Å². The number of unbranched alkanes of at least 4 members (excludes halogenated alkanes) is 25. The van der Waals surface area contributed by atoms with E-state index in [9.17, 15) is 34.5 Å². The summed E-state index contributed by atoms with van der Waals surface area (Å²) in [6.45, 7) is 5.25. The van der Waals surface area contributed by atoms with Crippen LogP contribution in [0, 0.1) is 0 Å². The Labute approximate surface area is 387 Å². The molecule has 1 saturated heterocycles. The standard InChI is InChI=1S/C51H90N4O9/c1-4-6-8-10-12-14-16-18-19-20-21-23-25-27-32-36-45(58)55(37-33-28-26-24-22-17-15-13-11-9-7-5-2)50-46(48(60)47(59)43(39-56)64-50)54-49(61)41(3)53-44(57)38-52-51(62)63-40-42-34-30-29-31-35-42/h29-31,34-35,41,43,46-48,50,56,59-60H,4-28,32-33,36-40H2,1-3H3,(H,52,62)(H,53,57)(H,54,61)/t41-,43+,46+,47+,48+,50+/m0/s1. The first kappa shape index (κ1) is 56.9. The predicted molar refractivity (Wildman–Crippen MR) is 254 cm³/mol. The highest BCUT2D eigenvalue weighted by atomic mass is 16.6. The summed E-state index contributed by atoms with van der Waals surface area (Å²) in [4.78, 5) is 54.1. The number of nitrogens with zero attached hydrogens (tertiary/aromatic N) is 1. The molecule has 4 amide bonds. The molecule has 0 aliphatic carbocycles. The zero-order valence-corrected chi connectivity index (χ0v) is 40.2. The van der Waals surface area contributed by atoms with Crippen LogP contribution in [0.4, 0.5) is 4.79 Å². The normalized spacial score (nSPS) is 18.9. The van der Waals surface area contributed by atoms with Crippen LogP contribution in [0.5, 0.6) is 0 Å². The second kappa shape index (κ2) is 36.9. The fourth-order valence-electron chi connectivity index (χ4n) is 8.40. The van der Waals surface area contributed by atoms with Gasteiger partial charge >= 0.3 is 6.09 Å². The number of rotatable bonds is 38. The molecule has 0 radical (unpaired) electrons. The number of alkyl carbamates (subject to hydrolysis) is 1. The van der Waals surface area contributed by atoms with Gasteiger partial charge in [-0.25, -0.2) is 4.79 Å². The zero-order chi connectivity index (χ0) is 46.6. The highest BCUT2D eigenvalue weighted by Crippen LogP contribution is 2.26. The lowest BCUT2D eigenvalue weighted by molar-refractivity contribution is -0.231. The SMILES string of the molecule is CCCCCCCCCCCCCCCCCC(=O)N(CCCCCCCCCCCCCC)[C@@H]1O[C@H](CO)[C@@H](O)[C@H](O)[C@H]1NC(=O)[C@H](C)NC(=O)CNC(=O)OCc1ccccc1. The molecule has 368 valence electrons. The monoisotopic (exact) mass is 903 g/mol. The van der Waals surface area contributed by atoms with Gasteiger partial charge in [-0.3, -0.25) is 14.4 Å². The van der Waals surface area contributed by atoms with Crippen molar-refractivity contribution in [2.24, 2.45) is 0 Å². The number of amides is 4. The zero-order valence-electron chi connectivity index (χ0n) is 40.2. The molecule has 0 bridgehead atoms. The number of carbonyl (C=O) groups excluding carboxylic acids is 4. The van der Waals surface area contributed by atoms with Crippen molar-refractivity contribution in [2.45, 2.75) is 244 Å². The number of carbonyl (C=O) groups is 4. The summed E-state index contributed by atoms with van der Waals surface area (Å²) in [5, 5.41) is 40.0. The molecule has 0 unspecified atom stereocenters. The molecule has 0 saturated carbocycles. The van der Waals surface area contributed by atoms with Gasteiger partial charge in [-0.1, -0.05) is 205 Å². The summed E-state index contributed by atoms with van der Waals surface area (Å²) < 4.78 is 11.3. The molecule has 1 fully saturated rings. The number of aliphatic hydroxyl groups is 3. The first-order valence-corrected chi connectivity index (χ1v) is 25.6. The van der Waals surface area contributed by atoms with E-state index in [0.29, 0.717) is 19.4 Å². The predicted octanol–water partition coefficient (Wildman–Crippen LogP) is 9.13. The van der Waals surface area contributed by atoms with Crippen molar-refractivity contribution in [3.8, 4) is 0 Å². The Bertz CT molecular complexity index is 1350. The minimum atomic E-state index is -1.58. The van der Waals surface area contributed by atoms with Crippen LogP contribution in [0.2, 0.25) is 0 Å². The smallest absolute Gasteiger partial charge is 0.407 e. The molecule has 0 spiro atoms. The summed E-state index contributed by atoms with van der Waals surface area (Å²) >= 11 is 0. The Balaban J connectivity index is 1.96. The van der Waals surface area contributed by atoms with Crippen LogP contribution in [-0.2, 0) is 30.5 Å². The second-order valence-electron chi connectivity index (χ2n) is 18.1. The number of hydrogen-bond acceptors (Lipinski definition) is 9. The van der Waals surface area contributed by atoms with Gasteiger partial charge in [0.1, 0.15) is 43.5 Å². The molecule has 13 nitrogen and oxygen atoms in total. The molecule has 2 rings (SSSR count). The highest BCUT2D eigenvalue weighted by molar-refractivity contribution is 5.89. The number of nitrogens with one attached hydrogen (secondary N) is 3. The molecule has 6 N–H and O–H groups in total. The number of ether oxygens (including phenoxy) is 2. The topological polar surface area (TPSA) is 187 Å². The minimum absolute atomic E-state index is 0.0291. The van der Waals surface area contributed by atoms with Gasteiger partial charge in [0.15, 0.2) is 6.23 Å². The first-order chi connectivity index (χ1) is 31.1. The molecule has 1 aromatic carbocycles. The first-order valence-electron chi connectivity index (χ1n) is 25.6. The Kier molecular flexibility index (Phi) is 32.8. The van der Waals surface area contributed by atoms with Gasteiger partial charge in [-0.05, 0) is 25.3 Å². The Morgan fingerprint density at radius 3 is 1.62 bits per heavy atom. The Hall–Kier alpha value is -3.26. The van der Waals surface area contributed by atoms with Gasteiger partial charge in [0.2, 0.25) is 17.7 Å². The van der Waals surface area contributed by atoms with Crippen molar-refractivity contribution in [1.82, 2.24) is 20.9 Å². The van der Waals surface area contributed by atoms with E-state index >= 15 is 0 Å². The number of benzene rings is 1. The molecule has 0 aromatic heterocycles. The van der Waals surface area contributed by atoms with E-state index in [0.717, 1.165) is 44.1 Å². The molecular weight excluding hydrogens is 813 g/mol. The van der Waals surface area contributed by atoms with E-state index in [1.807, 2.05) is 18.2 Å². The van der Waals surface area contributed by atoms with E-state index in [4.69, 9.17) is 9.47 Å². The van der Waals surface area contributed by atoms with Crippen LogP contribution in [-0.4, -0.2) is 100 Å². The summed E-state index contributed by atoms with van der Waals surface area (Å²) in [6, 6.07) is 6.73. The van der Waals surface area contributed by atoms with Gasteiger partial charge in [-0.15, -0.1) is 0 Å². The highest BCUT2D eigenvalue weighted by Gasteiger charge is 2.48. The molecule has 6 atom stereocenters. The lowest BCUT2D eigenvalue weighted by Crippen LogP contribution is -2.69. The third kappa shape index (κ3) is 25.4. The van der Waals surface area contributed by atoms with Crippen molar-refractivity contribution in [3.05, 3.63) is 35.9 Å². The van der Waals surface area contributed by atoms with Crippen LogP contribution in [0.15, 0.2) is 30.3 Å². The largest absolute Gasteiger partial charge is 0.445 e. The van der Waals surface area contributed by atoms with E-state index in [2.05, 4.69) is 29.8 Å². The molecule has 64 heavy (non-hydrogen) atoms. The van der Waals surface area contributed by atoms with E-state index in [-0.39, 0.29) is 18.9 Å². The number of aliphatic hydroxyl groups excluding tert-OH is 3. The molecule has 1 heterocycles. The van der Waals surface area contributed by atoms with Gasteiger partial charge in [0.05, 0.1) is 6.61 Å². The Morgan fingerprint density at radius 1 is 0.672 bits per heavy atom. The number of hydrogen-bond donors (Lipinski definition) is 6. The lowest BCUT2D eigenvalue weighted by atomic mass is 9.94. The maximum absolute atomic E-state index is 14.1. The average Bonchev–Trinajstić information content (AvgIpc) is 3.29. The molecule has 1 aromatic rings. The minimum Gasteiger partial charge on any atom is -0.445 e. The summed E-state index contributed by atoms with van der Waals surface area (Å²) in [6.07, 6.45) is 26.1. The van der Waals surface area contributed by atoms with E-state index < -0.39 is 67.7 Å². The fourth-order valence-corrected chi connectivity index (χ4v) is 8.40. The van der Waals surface area contributed by atoms with Crippen molar-refractivity contribution in [3.63, 3.8) is 0 Å². The summed E-state index contributed by atoms with van der Waals surface area (Å²) in [7, 11) is 0. The third-order valence-corrected chi connectivity index (χ3v) is 12.5. The van der Waals surface area contributed by atoms with Crippen molar-refractivity contribution in [2.75, 3.05) is 19.7 Å². The second-order valence-corrected chi connectivity index (χ2v) is 18.1. The maximum atomic E-state index is 14.1.